The largest absolute Gasteiger partial charge is 0.360 e. The molecule has 0 radical (unpaired) electrons. The van der Waals surface area contributed by atoms with Gasteiger partial charge in [0.05, 0.1) is 10.9 Å². The number of nitrogens with zero attached hydrogens (tertiary/aromatic N) is 2. The summed E-state index contributed by atoms with van der Waals surface area (Å²) >= 11 is 1.30. The molecule has 1 unspecified atom stereocenters. The molecule has 5 aromatic rings. The Hall–Kier alpha value is -3.64. The molecular formula is C25H19N3O2S. The van der Waals surface area contributed by atoms with Crippen molar-refractivity contribution in [3.05, 3.63) is 107 Å². The molecule has 0 saturated heterocycles. The van der Waals surface area contributed by atoms with E-state index in [2.05, 4.69) is 4.98 Å². The van der Waals surface area contributed by atoms with Gasteiger partial charge >= 0.3 is 0 Å². The van der Waals surface area contributed by atoms with E-state index in [0.717, 1.165) is 16.5 Å². The van der Waals surface area contributed by atoms with E-state index in [1.165, 1.54) is 16.3 Å². The lowest BCUT2D eigenvalue weighted by Gasteiger charge is -2.17. The molecule has 0 aliphatic heterocycles. The molecule has 5 rings (SSSR count). The maximum absolute atomic E-state index is 13.7. The minimum absolute atomic E-state index is 0.0314. The number of para-hydroxylation sites is 2. The Bertz CT molecular complexity index is 1470. The first kappa shape index (κ1) is 19.3. The molecule has 0 aliphatic rings. The van der Waals surface area contributed by atoms with Crippen molar-refractivity contribution in [1.82, 2.24) is 14.5 Å². The zero-order chi connectivity index (χ0) is 21.4. The van der Waals surface area contributed by atoms with Crippen LogP contribution in [0.1, 0.15) is 21.2 Å². The van der Waals surface area contributed by atoms with Gasteiger partial charge in [-0.3, -0.25) is 14.2 Å². The molecule has 0 saturated carbocycles. The zero-order valence-corrected chi connectivity index (χ0v) is 17.6. The number of benzene rings is 3. The molecule has 0 amide bonds. The van der Waals surface area contributed by atoms with E-state index in [0.29, 0.717) is 21.6 Å². The number of aromatic nitrogens is 3. The van der Waals surface area contributed by atoms with Gasteiger partial charge in [-0.05, 0) is 23.8 Å². The Balaban J connectivity index is 1.63. The van der Waals surface area contributed by atoms with Crippen LogP contribution in [0.3, 0.4) is 0 Å². The highest BCUT2D eigenvalue weighted by Crippen LogP contribution is 2.38. The quantitative estimate of drug-likeness (QED) is 0.241. The van der Waals surface area contributed by atoms with Crippen molar-refractivity contribution in [2.75, 3.05) is 0 Å². The van der Waals surface area contributed by atoms with Crippen molar-refractivity contribution in [3.8, 4) is 0 Å². The topological polar surface area (TPSA) is 67.8 Å². The van der Waals surface area contributed by atoms with Gasteiger partial charge in [0.2, 0.25) is 0 Å². The van der Waals surface area contributed by atoms with Crippen LogP contribution in [0.2, 0.25) is 0 Å². The van der Waals surface area contributed by atoms with Gasteiger partial charge in [-0.25, -0.2) is 4.98 Å². The zero-order valence-electron chi connectivity index (χ0n) is 16.8. The predicted molar refractivity (Wildman–Crippen MR) is 125 cm³/mol. The molecule has 2 aromatic heterocycles. The molecule has 5 nitrogen and oxygen atoms in total. The fourth-order valence-electron chi connectivity index (χ4n) is 3.73. The van der Waals surface area contributed by atoms with E-state index in [9.17, 15) is 9.59 Å². The number of ketones is 1. The first-order chi connectivity index (χ1) is 15.1. The molecule has 1 N–H and O–H groups in total. The summed E-state index contributed by atoms with van der Waals surface area (Å²) in [6, 6.07) is 24.6. The Morgan fingerprint density at radius 1 is 0.935 bits per heavy atom. The van der Waals surface area contributed by atoms with Gasteiger partial charge in [0.25, 0.3) is 5.56 Å². The third-order valence-corrected chi connectivity index (χ3v) is 6.66. The lowest BCUT2D eigenvalue weighted by molar-refractivity contribution is 0.0991. The molecule has 0 bridgehead atoms. The van der Waals surface area contributed by atoms with E-state index in [1.54, 1.807) is 19.3 Å². The summed E-state index contributed by atoms with van der Waals surface area (Å²) in [5, 5.41) is 1.41. The SMILES string of the molecule is Cn1c(SC(C(=O)c2c[nH]c3ccccc23)c2ccccc2)nc2ccccc2c1=O. The molecule has 3 aromatic carbocycles. The second-order valence-corrected chi connectivity index (χ2v) is 8.37. The third kappa shape index (κ3) is 3.45. The number of carbonyl (C=O) groups is 1. The number of H-pyrrole nitrogens is 1. The van der Waals surface area contributed by atoms with Crippen LogP contribution in [0.5, 0.6) is 0 Å². The van der Waals surface area contributed by atoms with E-state index in [4.69, 9.17) is 4.98 Å². The van der Waals surface area contributed by atoms with Crippen LogP contribution < -0.4 is 5.56 Å². The molecular weight excluding hydrogens is 406 g/mol. The molecule has 152 valence electrons. The van der Waals surface area contributed by atoms with Crippen LogP contribution in [0, 0.1) is 0 Å². The third-order valence-electron chi connectivity index (χ3n) is 5.36. The molecule has 6 heteroatoms. The Kier molecular flexibility index (Phi) is 4.92. The number of Topliss-reactive ketones (excluding diaryl/α,β-unsaturated/α-hetero) is 1. The number of fused-ring (bicyclic) bond motifs is 2. The minimum Gasteiger partial charge on any atom is -0.360 e. The van der Waals surface area contributed by atoms with Gasteiger partial charge in [0.1, 0.15) is 5.25 Å². The van der Waals surface area contributed by atoms with Crippen molar-refractivity contribution in [2.45, 2.75) is 10.4 Å². The molecule has 31 heavy (non-hydrogen) atoms. The van der Waals surface area contributed by atoms with E-state index in [1.807, 2.05) is 72.8 Å². The Labute approximate surface area is 182 Å². The second-order valence-electron chi connectivity index (χ2n) is 7.30. The first-order valence-electron chi connectivity index (χ1n) is 9.91. The van der Waals surface area contributed by atoms with E-state index >= 15 is 0 Å². The molecule has 1 atom stereocenters. The average Bonchev–Trinajstić information content (AvgIpc) is 3.25. The Morgan fingerprint density at radius 2 is 1.61 bits per heavy atom. The van der Waals surface area contributed by atoms with Gasteiger partial charge in [-0.1, -0.05) is 72.4 Å². The summed E-state index contributed by atoms with van der Waals surface area (Å²) in [5.74, 6) is -0.0314. The van der Waals surface area contributed by atoms with Gasteiger partial charge in [-0.15, -0.1) is 0 Å². The summed E-state index contributed by atoms with van der Waals surface area (Å²) in [6.07, 6.45) is 1.76. The van der Waals surface area contributed by atoms with Gasteiger partial charge in [0, 0.05) is 29.7 Å². The normalized spacial score (nSPS) is 12.3. The standard InChI is InChI=1S/C25H19N3O2S/c1-28-24(30)18-12-6-8-14-21(18)27-25(28)31-23(16-9-3-2-4-10-16)22(29)19-15-26-20-13-7-5-11-17(19)20/h2-15,23,26H,1H3. The number of hydrogen-bond acceptors (Lipinski definition) is 4. The molecule has 0 fully saturated rings. The van der Waals surface area contributed by atoms with Crippen LogP contribution in [0.25, 0.3) is 21.8 Å². The van der Waals surface area contributed by atoms with Crippen molar-refractivity contribution < 1.29 is 4.79 Å². The Morgan fingerprint density at radius 3 is 2.42 bits per heavy atom. The molecule has 0 aliphatic carbocycles. The highest BCUT2D eigenvalue weighted by Gasteiger charge is 2.27. The monoisotopic (exact) mass is 425 g/mol. The maximum atomic E-state index is 13.7. The summed E-state index contributed by atoms with van der Waals surface area (Å²) in [7, 11) is 1.70. The fourth-order valence-corrected chi connectivity index (χ4v) is 4.86. The smallest absolute Gasteiger partial charge is 0.261 e. The van der Waals surface area contributed by atoms with Crippen molar-refractivity contribution in [2.24, 2.45) is 7.05 Å². The van der Waals surface area contributed by atoms with Gasteiger partial charge < -0.3 is 4.98 Å². The van der Waals surface area contributed by atoms with Gasteiger partial charge in [-0.2, -0.15) is 0 Å². The summed E-state index contributed by atoms with van der Waals surface area (Å²) in [4.78, 5) is 34.5. The maximum Gasteiger partial charge on any atom is 0.261 e. The number of thioether (sulfide) groups is 1. The van der Waals surface area contributed by atoms with Crippen molar-refractivity contribution >= 4 is 39.4 Å². The predicted octanol–water partition coefficient (Wildman–Crippen LogP) is 5.13. The lowest BCUT2D eigenvalue weighted by atomic mass is 10.0. The number of hydrogen-bond donors (Lipinski definition) is 1. The lowest BCUT2D eigenvalue weighted by Crippen LogP contribution is -2.21. The van der Waals surface area contributed by atoms with E-state index in [-0.39, 0.29) is 11.3 Å². The van der Waals surface area contributed by atoms with Crippen LogP contribution in [0.15, 0.2) is 95.0 Å². The fraction of sp³-hybridized carbons (Fsp3) is 0.0800. The average molecular weight is 426 g/mol. The van der Waals surface area contributed by atoms with Crippen LogP contribution in [-0.2, 0) is 7.05 Å². The molecule has 2 heterocycles. The number of rotatable bonds is 5. The highest BCUT2D eigenvalue weighted by atomic mass is 32.2. The summed E-state index contributed by atoms with van der Waals surface area (Å²) < 4.78 is 1.52. The second kappa shape index (κ2) is 7.89. The minimum atomic E-state index is -0.542. The van der Waals surface area contributed by atoms with Crippen LogP contribution in [-0.4, -0.2) is 20.3 Å². The number of nitrogens with one attached hydrogen (secondary N) is 1. The number of aromatic amines is 1. The first-order valence-corrected chi connectivity index (χ1v) is 10.8. The van der Waals surface area contributed by atoms with Gasteiger partial charge in [0.15, 0.2) is 10.9 Å². The van der Waals surface area contributed by atoms with E-state index < -0.39 is 5.25 Å². The summed E-state index contributed by atoms with van der Waals surface area (Å²) in [5.41, 5.74) is 2.91. The van der Waals surface area contributed by atoms with Crippen LogP contribution >= 0.6 is 11.8 Å². The van der Waals surface area contributed by atoms with Crippen LogP contribution in [0.4, 0.5) is 0 Å². The molecule has 0 spiro atoms. The van der Waals surface area contributed by atoms with Crippen molar-refractivity contribution in [3.63, 3.8) is 0 Å². The highest BCUT2D eigenvalue weighted by molar-refractivity contribution is 8.00. The van der Waals surface area contributed by atoms with Crippen molar-refractivity contribution in [1.29, 1.82) is 0 Å². The summed E-state index contributed by atoms with van der Waals surface area (Å²) in [6.45, 7) is 0. The number of carbonyl (C=O) groups excluding carboxylic acids is 1.